The van der Waals surface area contributed by atoms with Gasteiger partial charge >= 0.3 is 5.97 Å². The van der Waals surface area contributed by atoms with Gasteiger partial charge in [0.2, 0.25) is 5.82 Å². The highest BCUT2D eigenvalue weighted by Gasteiger charge is 2.17. The van der Waals surface area contributed by atoms with Crippen LogP contribution in [0, 0.1) is 6.92 Å². The number of hydrogen-bond donors (Lipinski definition) is 0. The van der Waals surface area contributed by atoms with Crippen molar-refractivity contribution in [2.75, 3.05) is 0 Å². The minimum Gasteiger partial charge on any atom is -0.452 e. The Labute approximate surface area is 169 Å². The Morgan fingerprint density at radius 1 is 1.21 bits per heavy atom. The summed E-state index contributed by atoms with van der Waals surface area (Å²) in [6, 6.07) is 13.7. The normalized spacial score (nSPS) is 11.5. The third-order valence-electron chi connectivity index (χ3n) is 3.93. The first-order valence-electron chi connectivity index (χ1n) is 8.53. The molecular formula is C21H16N2O3S2. The molecule has 1 aromatic carbocycles. The molecule has 0 amide bonds. The Morgan fingerprint density at radius 3 is 2.89 bits per heavy atom. The van der Waals surface area contributed by atoms with E-state index in [2.05, 4.69) is 10.1 Å². The summed E-state index contributed by atoms with van der Waals surface area (Å²) in [5, 5.41) is 9.72. The van der Waals surface area contributed by atoms with Crippen molar-refractivity contribution in [2.45, 2.75) is 13.5 Å². The van der Waals surface area contributed by atoms with Crippen molar-refractivity contribution in [3.8, 4) is 11.4 Å². The lowest BCUT2D eigenvalue weighted by Crippen LogP contribution is -2.07. The predicted molar refractivity (Wildman–Crippen MR) is 111 cm³/mol. The molecule has 0 radical (unpaired) electrons. The number of ether oxygens (including phenoxy) is 1. The number of hydrogen-bond acceptors (Lipinski definition) is 7. The molecule has 3 aromatic heterocycles. The number of benzene rings is 1. The van der Waals surface area contributed by atoms with Gasteiger partial charge in [-0.3, -0.25) is 0 Å². The summed E-state index contributed by atoms with van der Waals surface area (Å²) in [5.74, 6) is 0.316. The van der Waals surface area contributed by atoms with Crippen LogP contribution in [0.5, 0.6) is 0 Å². The van der Waals surface area contributed by atoms with Crippen molar-refractivity contribution < 1.29 is 14.1 Å². The van der Waals surface area contributed by atoms with E-state index in [4.69, 9.17) is 9.26 Å². The highest BCUT2D eigenvalue weighted by atomic mass is 32.1. The van der Waals surface area contributed by atoms with Crippen LogP contribution in [-0.4, -0.2) is 16.1 Å². The van der Waals surface area contributed by atoms with Gasteiger partial charge in [0.1, 0.15) is 0 Å². The van der Waals surface area contributed by atoms with E-state index in [1.807, 2.05) is 71.6 Å². The highest BCUT2D eigenvalue weighted by molar-refractivity contribution is 7.11. The lowest BCUT2D eigenvalue weighted by atomic mass is 10.1. The average molecular weight is 409 g/mol. The Morgan fingerprint density at radius 2 is 2.14 bits per heavy atom. The van der Waals surface area contributed by atoms with Gasteiger partial charge in [0.25, 0.3) is 5.89 Å². The molecule has 0 saturated heterocycles. The monoisotopic (exact) mass is 408 g/mol. The average Bonchev–Trinajstić information content (AvgIpc) is 3.46. The van der Waals surface area contributed by atoms with E-state index < -0.39 is 5.97 Å². The van der Waals surface area contributed by atoms with E-state index in [1.54, 1.807) is 11.3 Å². The van der Waals surface area contributed by atoms with E-state index in [0.29, 0.717) is 11.4 Å². The number of rotatable bonds is 6. The zero-order valence-corrected chi connectivity index (χ0v) is 16.6. The van der Waals surface area contributed by atoms with Crippen LogP contribution in [0.4, 0.5) is 0 Å². The van der Waals surface area contributed by atoms with Crippen molar-refractivity contribution in [1.82, 2.24) is 10.1 Å². The molecule has 0 aliphatic carbocycles. The standard InChI is InChI=1S/C21H16N2O3S2/c1-14-4-2-5-15(10-14)11-17(18-6-3-8-28-18)21(24)25-12-19-22-20(23-26-19)16-7-9-27-13-16/h2-11,13H,12H2,1H3/b17-11+. The smallest absolute Gasteiger partial charge is 0.340 e. The molecule has 0 fully saturated rings. The molecule has 0 N–H and O–H groups in total. The van der Waals surface area contributed by atoms with Crippen molar-refractivity contribution in [3.63, 3.8) is 0 Å². The van der Waals surface area contributed by atoms with E-state index in [0.717, 1.165) is 21.6 Å². The van der Waals surface area contributed by atoms with Crippen LogP contribution >= 0.6 is 22.7 Å². The van der Waals surface area contributed by atoms with Crippen LogP contribution < -0.4 is 0 Å². The quantitative estimate of drug-likeness (QED) is 0.313. The Bertz CT molecular complexity index is 1100. The molecule has 7 heteroatoms. The van der Waals surface area contributed by atoms with Gasteiger partial charge in [0.15, 0.2) is 6.61 Å². The van der Waals surface area contributed by atoms with Crippen LogP contribution in [-0.2, 0) is 16.1 Å². The summed E-state index contributed by atoms with van der Waals surface area (Å²) in [5.41, 5.74) is 3.44. The minimum atomic E-state index is -0.431. The number of aromatic nitrogens is 2. The largest absolute Gasteiger partial charge is 0.452 e. The first-order chi connectivity index (χ1) is 13.7. The molecule has 4 aromatic rings. The van der Waals surface area contributed by atoms with Crippen molar-refractivity contribution in [1.29, 1.82) is 0 Å². The minimum absolute atomic E-state index is 0.0769. The number of thiophene rings is 2. The Kier molecular flexibility index (Phi) is 5.45. The number of carbonyl (C=O) groups excluding carboxylic acids is 1. The van der Waals surface area contributed by atoms with Crippen LogP contribution in [0.25, 0.3) is 23.0 Å². The fourth-order valence-corrected chi connectivity index (χ4v) is 3.98. The van der Waals surface area contributed by atoms with E-state index in [-0.39, 0.29) is 12.5 Å². The Hall–Kier alpha value is -3.03. The second-order valence-corrected chi connectivity index (χ2v) is 7.78. The lowest BCUT2D eigenvalue weighted by Gasteiger charge is -2.06. The second kappa shape index (κ2) is 8.33. The molecule has 28 heavy (non-hydrogen) atoms. The van der Waals surface area contributed by atoms with Gasteiger partial charge in [0.05, 0.1) is 5.57 Å². The molecule has 0 unspecified atom stereocenters. The molecule has 0 atom stereocenters. The van der Waals surface area contributed by atoms with Gasteiger partial charge < -0.3 is 9.26 Å². The SMILES string of the molecule is Cc1cccc(/C=C(/C(=O)OCc2nc(-c3ccsc3)no2)c2cccs2)c1. The maximum Gasteiger partial charge on any atom is 0.340 e. The summed E-state index contributed by atoms with van der Waals surface area (Å²) >= 11 is 3.04. The maximum atomic E-state index is 12.8. The molecule has 0 bridgehead atoms. The molecule has 5 nitrogen and oxygen atoms in total. The van der Waals surface area contributed by atoms with Crippen LogP contribution in [0.1, 0.15) is 21.9 Å². The first kappa shape index (κ1) is 18.3. The molecule has 4 rings (SSSR count). The number of nitrogens with zero attached hydrogens (tertiary/aromatic N) is 2. The molecule has 0 aliphatic heterocycles. The lowest BCUT2D eigenvalue weighted by molar-refractivity contribution is -0.138. The van der Waals surface area contributed by atoms with E-state index in [9.17, 15) is 4.79 Å². The van der Waals surface area contributed by atoms with Gasteiger partial charge in [-0.15, -0.1) is 11.3 Å². The summed E-state index contributed by atoms with van der Waals surface area (Å²) in [6.07, 6.45) is 1.84. The molecule has 0 saturated carbocycles. The summed E-state index contributed by atoms with van der Waals surface area (Å²) in [7, 11) is 0. The third-order valence-corrected chi connectivity index (χ3v) is 5.52. The van der Waals surface area contributed by atoms with Gasteiger partial charge in [-0.25, -0.2) is 4.79 Å². The van der Waals surface area contributed by atoms with Crippen LogP contribution in [0.2, 0.25) is 0 Å². The first-order valence-corrected chi connectivity index (χ1v) is 10.4. The summed E-state index contributed by atoms with van der Waals surface area (Å²) < 4.78 is 10.6. The topological polar surface area (TPSA) is 65.2 Å². The number of carbonyl (C=O) groups is 1. The second-order valence-electron chi connectivity index (χ2n) is 6.05. The number of aryl methyl sites for hydroxylation is 1. The summed E-state index contributed by atoms with van der Waals surface area (Å²) in [4.78, 5) is 17.9. The zero-order valence-electron chi connectivity index (χ0n) is 15.0. The highest BCUT2D eigenvalue weighted by Crippen LogP contribution is 2.25. The van der Waals surface area contributed by atoms with Crippen molar-refractivity contribution >= 4 is 40.3 Å². The fourth-order valence-electron chi connectivity index (χ4n) is 2.62. The zero-order chi connectivity index (χ0) is 19.3. The third kappa shape index (κ3) is 4.27. The Balaban J connectivity index is 1.52. The molecule has 140 valence electrons. The number of esters is 1. The van der Waals surface area contributed by atoms with Crippen molar-refractivity contribution in [2.24, 2.45) is 0 Å². The van der Waals surface area contributed by atoms with E-state index in [1.165, 1.54) is 11.3 Å². The molecule has 3 heterocycles. The van der Waals surface area contributed by atoms with Gasteiger partial charge in [0, 0.05) is 15.8 Å². The summed E-state index contributed by atoms with van der Waals surface area (Å²) in [6.45, 7) is 1.94. The predicted octanol–water partition coefficient (Wildman–Crippen LogP) is 5.45. The van der Waals surface area contributed by atoms with Gasteiger partial charge in [-0.1, -0.05) is 41.1 Å². The molecular weight excluding hydrogens is 392 g/mol. The van der Waals surface area contributed by atoms with E-state index >= 15 is 0 Å². The molecule has 0 aliphatic rings. The van der Waals surface area contributed by atoms with Crippen molar-refractivity contribution in [3.05, 3.63) is 80.5 Å². The van der Waals surface area contributed by atoms with Crippen LogP contribution in [0.15, 0.2) is 63.1 Å². The van der Waals surface area contributed by atoms with Gasteiger partial charge in [-0.2, -0.15) is 16.3 Å². The van der Waals surface area contributed by atoms with Gasteiger partial charge in [-0.05, 0) is 41.5 Å². The molecule has 0 spiro atoms. The maximum absolute atomic E-state index is 12.8. The fraction of sp³-hybridized carbons (Fsp3) is 0.0952. The van der Waals surface area contributed by atoms with Crippen LogP contribution in [0.3, 0.4) is 0 Å².